The Labute approximate surface area is 116 Å². The summed E-state index contributed by atoms with van der Waals surface area (Å²) < 4.78 is 0. The van der Waals surface area contributed by atoms with Crippen molar-refractivity contribution >= 4 is 9.24 Å². The van der Waals surface area contributed by atoms with Crippen molar-refractivity contribution in [2.45, 2.75) is 77.3 Å². The maximum absolute atomic E-state index is 3.19. The Morgan fingerprint density at radius 2 is 1.72 bits per heavy atom. The van der Waals surface area contributed by atoms with E-state index in [2.05, 4.69) is 30.0 Å². The molecule has 3 atom stereocenters. The molecule has 0 heterocycles. The summed E-state index contributed by atoms with van der Waals surface area (Å²) in [6.07, 6.45) is 12.2. The van der Waals surface area contributed by atoms with Gasteiger partial charge >= 0.3 is 0 Å². The Morgan fingerprint density at radius 3 is 2.22 bits per heavy atom. The van der Waals surface area contributed by atoms with Crippen LogP contribution in [0.4, 0.5) is 0 Å². The molecule has 0 aromatic carbocycles. The minimum Gasteiger partial charge on any atom is -0.131 e. The number of hydrogen-bond acceptors (Lipinski definition) is 0. The van der Waals surface area contributed by atoms with Crippen LogP contribution in [-0.2, 0) is 0 Å². The maximum atomic E-state index is 3.19. The standard InChI is InChI=1S/C17H31P/c1-4-5-6-15-13-7-12-8-14(15)11-17(9-12,10-13)16(2,3)18/h12-15H,4-11,18H2,1-3H3. The molecule has 0 spiro atoms. The SMILES string of the molecule is CCCCC1C2CC3CC1CC(C(C)(C)P)(C3)C2. The summed E-state index contributed by atoms with van der Waals surface area (Å²) in [6.45, 7) is 7.31. The Morgan fingerprint density at radius 1 is 1.11 bits per heavy atom. The van der Waals surface area contributed by atoms with Crippen molar-refractivity contribution in [3.63, 3.8) is 0 Å². The Bertz CT molecular complexity index is 298. The summed E-state index contributed by atoms with van der Waals surface area (Å²) in [7, 11) is 3.19. The van der Waals surface area contributed by atoms with Crippen molar-refractivity contribution in [2.75, 3.05) is 0 Å². The zero-order chi connectivity index (χ0) is 13.0. The van der Waals surface area contributed by atoms with Crippen LogP contribution in [0.1, 0.15) is 72.1 Å². The molecule has 4 saturated carbocycles. The molecule has 0 N–H and O–H groups in total. The molecule has 4 bridgehead atoms. The number of unbranched alkanes of at least 4 members (excludes halogenated alkanes) is 1. The van der Waals surface area contributed by atoms with Gasteiger partial charge in [0.15, 0.2) is 0 Å². The zero-order valence-corrected chi connectivity index (χ0v) is 13.7. The summed E-state index contributed by atoms with van der Waals surface area (Å²) in [5, 5.41) is 0.457. The van der Waals surface area contributed by atoms with E-state index in [1.807, 2.05) is 0 Å². The van der Waals surface area contributed by atoms with Crippen LogP contribution in [-0.4, -0.2) is 5.16 Å². The Hall–Kier alpha value is 0.430. The van der Waals surface area contributed by atoms with Crippen molar-refractivity contribution in [1.82, 2.24) is 0 Å². The van der Waals surface area contributed by atoms with E-state index in [1.165, 1.54) is 25.7 Å². The van der Waals surface area contributed by atoms with Gasteiger partial charge in [-0.3, -0.25) is 0 Å². The first-order valence-corrected chi connectivity index (χ1v) is 8.82. The third-order valence-electron chi connectivity index (χ3n) is 6.73. The number of rotatable bonds is 4. The molecule has 4 rings (SSSR count). The minimum atomic E-state index is 0.457. The molecule has 0 aromatic rings. The highest BCUT2D eigenvalue weighted by molar-refractivity contribution is 7.19. The molecule has 18 heavy (non-hydrogen) atoms. The van der Waals surface area contributed by atoms with E-state index in [0.29, 0.717) is 10.6 Å². The van der Waals surface area contributed by atoms with Crippen molar-refractivity contribution in [3.8, 4) is 0 Å². The smallest absolute Gasteiger partial charge is 0.0150 e. The lowest BCUT2D eigenvalue weighted by Crippen LogP contribution is -2.56. The van der Waals surface area contributed by atoms with Crippen LogP contribution in [0, 0.1) is 29.1 Å². The summed E-state index contributed by atoms with van der Waals surface area (Å²) in [6, 6.07) is 0. The third-order valence-corrected chi connectivity index (χ3v) is 7.34. The van der Waals surface area contributed by atoms with Gasteiger partial charge in [0, 0.05) is 0 Å². The Kier molecular flexibility index (Phi) is 3.33. The van der Waals surface area contributed by atoms with Crippen molar-refractivity contribution < 1.29 is 0 Å². The van der Waals surface area contributed by atoms with Gasteiger partial charge < -0.3 is 0 Å². The van der Waals surface area contributed by atoms with Gasteiger partial charge in [-0.05, 0) is 72.8 Å². The first-order valence-electron chi connectivity index (χ1n) is 8.24. The van der Waals surface area contributed by atoms with Crippen LogP contribution in [0.25, 0.3) is 0 Å². The monoisotopic (exact) mass is 266 g/mol. The summed E-state index contributed by atoms with van der Waals surface area (Å²) in [4.78, 5) is 0. The predicted octanol–water partition coefficient (Wildman–Crippen LogP) is 5.27. The van der Waals surface area contributed by atoms with Crippen LogP contribution < -0.4 is 0 Å². The minimum absolute atomic E-state index is 0.457. The van der Waals surface area contributed by atoms with Crippen molar-refractivity contribution in [3.05, 3.63) is 0 Å². The summed E-state index contributed by atoms with van der Waals surface area (Å²) in [5.41, 5.74) is 0.677. The highest BCUT2D eigenvalue weighted by Crippen LogP contribution is 2.67. The topological polar surface area (TPSA) is 0 Å². The first-order chi connectivity index (χ1) is 8.45. The summed E-state index contributed by atoms with van der Waals surface area (Å²) >= 11 is 0. The zero-order valence-electron chi connectivity index (χ0n) is 12.5. The Balaban J connectivity index is 1.80. The van der Waals surface area contributed by atoms with Crippen LogP contribution in [0.2, 0.25) is 0 Å². The lowest BCUT2D eigenvalue weighted by Gasteiger charge is -2.64. The molecule has 4 aliphatic carbocycles. The fourth-order valence-corrected chi connectivity index (χ4v) is 6.18. The van der Waals surface area contributed by atoms with Gasteiger partial charge in [0.25, 0.3) is 0 Å². The second kappa shape index (κ2) is 4.47. The molecule has 0 radical (unpaired) electrons. The molecule has 1 heteroatoms. The van der Waals surface area contributed by atoms with Crippen LogP contribution >= 0.6 is 9.24 Å². The van der Waals surface area contributed by atoms with Crippen molar-refractivity contribution in [1.29, 1.82) is 0 Å². The van der Waals surface area contributed by atoms with E-state index < -0.39 is 0 Å². The highest BCUT2D eigenvalue weighted by Gasteiger charge is 2.58. The average Bonchev–Trinajstić information content (AvgIpc) is 2.26. The molecule has 0 aromatic heterocycles. The molecule has 3 unspecified atom stereocenters. The van der Waals surface area contributed by atoms with Gasteiger partial charge in [-0.25, -0.2) is 0 Å². The highest BCUT2D eigenvalue weighted by atomic mass is 31.0. The molecule has 0 amide bonds. The lowest BCUT2D eigenvalue weighted by atomic mass is 9.43. The number of hydrogen-bond donors (Lipinski definition) is 0. The van der Waals surface area contributed by atoms with E-state index >= 15 is 0 Å². The van der Waals surface area contributed by atoms with Gasteiger partial charge in [-0.1, -0.05) is 33.6 Å². The quantitative estimate of drug-likeness (QED) is 0.608. The van der Waals surface area contributed by atoms with E-state index in [0.717, 1.165) is 23.7 Å². The van der Waals surface area contributed by atoms with Crippen LogP contribution in [0.5, 0.6) is 0 Å². The molecular formula is C17H31P. The molecule has 104 valence electrons. The maximum Gasteiger partial charge on any atom is -0.0150 e. The lowest BCUT2D eigenvalue weighted by molar-refractivity contribution is -0.111. The normalized spacial score (nSPS) is 46.7. The van der Waals surface area contributed by atoms with Crippen LogP contribution in [0.3, 0.4) is 0 Å². The van der Waals surface area contributed by atoms with Gasteiger partial charge in [0.05, 0.1) is 0 Å². The predicted molar refractivity (Wildman–Crippen MR) is 82.8 cm³/mol. The van der Waals surface area contributed by atoms with Gasteiger partial charge in [0.2, 0.25) is 0 Å². The molecule has 0 nitrogen and oxygen atoms in total. The van der Waals surface area contributed by atoms with Gasteiger partial charge in [-0.2, -0.15) is 0 Å². The van der Waals surface area contributed by atoms with E-state index in [1.54, 1.807) is 25.7 Å². The van der Waals surface area contributed by atoms with E-state index in [9.17, 15) is 0 Å². The molecule has 4 fully saturated rings. The van der Waals surface area contributed by atoms with Gasteiger partial charge in [0.1, 0.15) is 0 Å². The second-order valence-electron chi connectivity index (χ2n) is 8.28. The van der Waals surface area contributed by atoms with Crippen molar-refractivity contribution in [2.24, 2.45) is 29.1 Å². The van der Waals surface area contributed by atoms with E-state index in [-0.39, 0.29) is 0 Å². The largest absolute Gasteiger partial charge is 0.131 e. The average molecular weight is 266 g/mol. The van der Waals surface area contributed by atoms with E-state index in [4.69, 9.17) is 0 Å². The fraction of sp³-hybridized carbons (Fsp3) is 1.00. The molecule has 0 aliphatic heterocycles. The summed E-state index contributed by atoms with van der Waals surface area (Å²) in [5.74, 6) is 4.35. The second-order valence-corrected chi connectivity index (χ2v) is 9.72. The third kappa shape index (κ3) is 1.98. The molecule has 4 aliphatic rings. The molecular weight excluding hydrogens is 235 g/mol. The fourth-order valence-electron chi connectivity index (χ4n) is 5.83. The van der Waals surface area contributed by atoms with Crippen LogP contribution in [0.15, 0.2) is 0 Å². The first kappa shape index (κ1) is 13.4. The van der Waals surface area contributed by atoms with Gasteiger partial charge in [-0.15, -0.1) is 9.24 Å². The molecule has 0 saturated heterocycles.